The van der Waals surface area contributed by atoms with Crippen molar-refractivity contribution in [3.63, 3.8) is 0 Å². The molecule has 0 unspecified atom stereocenters. The Hall–Kier alpha value is -2.65. The van der Waals surface area contributed by atoms with Gasteiger partial charge in [0.25, 0.3) is 0 Å². The fourth-order valence-electron chi connectivity index (χ4n) is 5.22. The van der Waals surface area contributed by atoms with Gasteiger partial charge >= 0.3 is 0 Å². The van der Waals surface area contributed by atoms with Crippen LogP contribution in [0.4, 0.5) is 0 Å². The summed E-state index contributed by atoms with van der Waals surface area (Å²) in [7, 11) is 4.94. The van der Waals surface area contributed by atoms with Gasteiger partial charge in [0, 0.05) is 39.2 Å². The lowest BCUT2D eigenvalue weighted by Crippen LogP contribution is -2.43. The Morgan fingerprint density at radius 1 is 0.905 bits per heavy atom. The zero-order chi connectivity index (χ0) is 31.1. The van der Waals surface area contributed by atoms with Crippen molar-refractivity contribution in [2.45, 2.75) is 71.6 Å². The Balaban J connectivity index is 2.06. The molecule has 0 aliphatic heterocycles. The van der Waals surface area contributed by atoms with Crippen LogP contribution in [0.1, 0.15) is 64.1 Å². The minimum absolute atomic E-state index is 0.0355. The summed E-state index contributed by atoms with van der Waals surface area (Å²) in [5.74, 6) is 1.55. The quantitative estimate of drug-likeness (QED) is 0.184. The molecule has 0 saturated carbocycles. The molecule has 2 aromatic rings. The van der Waals surface area contributed by atoms with Crippen LogP contribution in [0.25, 0.3) is 0 Å². The molecule has 0 aromatic heterocycles. The van der Waals surface area contributed by atoms with Crippen LogP contribution in [-0.4, -0.2) is 64.3 Å². The molecule has 0 bridgehead atoms. The van der Waals surface area contributed by atoms with Gasteiger partial charge in [0.2, 0.25) is 5.91 Å². The van der Waals surface area contributed by atoms with Crippen LogP contribution < -0.4 is 20.5 Å². The first-order valence-corrected chi connectivity index (χ1v) is 15.2. The minimum atomic E-state index is -0.808. The normalized spacial score (nSPS) is 15.2. The van der Waals surface area contributed by atoms with Gasteiger partial charge in [-0.2, -0.15) is 0 Å². The predicted octanol–water partition coefficient (Wildman–Crippen LogP) is 5.17. The molecule has 4 N–H and O–H groups in total. The van der Waals surface area contributed by atoms with Crippen LogP contribution in [0.5, 0.6) is 11.5 Å². The first-order chi connectivity index (χ1) is 20.1. The second-order valence-electron chi connectivity index (χ2n) is 11.9. The van der Waals surface area contributed by atoms with Gasteiger partial charge in [-0.05, 0) is 60.3 Å². The number of ether oxygens (including phenoxy) is 4. The second kappa shape index (κ2) is 18.8. The van der Waals surface area contributed by atoms with Crippen molar-refractivity contribution in [1.82, 2.24) is 5.32 Å². The number of carbonyl (C=O) groups is 1. The molecular weight excluding hydrogens is 532 g/mol. The van der Waals surface area contributed by atoms with Crippen molar-refractivity contribution in [2.75, 3.05) is 41.2 Å². The molecule has 0 saturated heterocycles. The molecule has 236 valence electrons. The van der Waals surface area contributed by atoms with E-state index in [4.69, 9.17) is 24.7 Å². The van der Waals surface area contributed by atoms with Crippen molar-refractivity contribution in [3.8, 4) is 11.5 Å². The number of benzene rings is 2. The van der Waals surface area contributed by atoms with Crippen LogP contribution in [0.3, 0.4) is 0 Å². The number of methoxy groups -OCH3 is 3. The maximum Gasteiger partial charge on any atom is 0.224 e. The first kappa shape index (κ1) is 35.5. The van der Waals surface area contributed by atoms with E-state index in [9.17, 15) is 9.90 Å². The first-order valence-electron chi connectivity index (χ1n) is 15.2. The fourth-order valence-corrected chi connectivity index (χ4v) is 5.22. The average Bonchev–Trinajstić information content (AvgIpc) is 2.97. The van der Waals surface area contributed by atoms with Crippen LogP contribution in [0, 0.1) is 23.7 Å². The highest BCUT2D eigenvalue weighted by atomic mass is 16.5. The van der Waals surface area contributed by atoms with Crippen LogP contribution in [0.15, 0.2) is 48.5 Å². The Labute approximate surface area is 253 Å². The highest BCUT2D eigenvalue weighted by molar-refractivity contribution is 5.79. The number of carbonyl (C=O) groups excluding carboxylic acids is 1. The summed E-state index contributed by atoms with van der Waals surface area (Å²) in [6, 6.07) is 15.1. The fraction of sp³-hybridized carbons (Fsp3) is 0.618. The van der Waals surface area contributed by atoms with E-state index in [2.05, 4.69) is 25.2 Å². The summed E-state index contributed by atoms with van der Waals surface area (Å²) in [5.41, 5.74) is 8.72. The van der Waals surface area contributed by atoms with Crippen LogP contribution in [-0.2, 0) is 20.7 Å². The molecule has 0 heterocycles. The standard InChI is InChI=1S/C34H54N2O6/c1-23(2)27(18-25-14-15-32(41-7)33(19-25)42-17-11-16-39-5)20-29(35)31(37)21-28(24(3)4)34(38)36-30(22-40-6)26-12-9-8-10-13-26/h8-10,12-15,19,23-24,27-31,37H,11,16-18,20-22,35H2,1-7H3,(H,36,38)/t27-,28-,29-,30+,31-/m0/s1. The van der Waals surface area contributed by atoms with Gasteiger partial charge in [0.1, 0.15) is 0 Å². The molecule has 0 radical (unpaired) electrons. The molecular formula is C34H54N2O6. The zero-order valence-corrected chi connectivity index (χ0v) is 26.7. The van der Waals surface area contributed by atoms with E-state index < -0.39 is 12.1 Å². The molecule has 8 nitrogen and oxygen atoms in total. The Morgan fingerprint density at radius 2 is 1.62 bits per heavy atom. The highest BCUT2D eigenvalue weighted by Gasteiger charge is 2.31. The minimum Gasteiger partial charge on any atom is -0.493 e. The number of aliphatic hydroxyl groups excluding tert-OH is 1. The Kier molecular flexibility index (Phi) is 15.9. The van der Waals surface area contributed by atoms with Crippen molar-refractivity contribution < 1.29 is 28.8 Å². The topological polar surface area (TPSA) is 112 Å². The zero-order valence-electron chi connectivity index (χ0n) is 26.7. The molecule has 0 fully saturated rings. The Morgan fingerprint density at radius 3 is 2.21 bits per heavy atom. The highest BCUT2D eigenvalue weighted by Crippen LogP contribution is 2.32. The van der Waals surface area contributed by atoms with Gasteiger partial charge in [-0.1, -0.05) is 64.1 Å². The summed E-state index contributed by atoms with van der Waals surface area (Å²) in [4.78, 5) is 13.4. The lowest BCUT2D eigenvalue weighted by molar-refractivity contribution is -0.128. The molecule has 0 aliphatic carbocycles. The van der Waals surface area contributed by atoms with E-state index in [0.29, 0.717) is 50.1 Å². The van der Waals surface area contributed by atoms with Gasteiger partial charge in [-0.3, -0.25) is 4.79 Å². The number of amides is 1. The third-order valence-corrected chi connectivity index (χ3v) is 7.98. The van der Waals surface area contributed by atoms with Gasteiger partial charge in [0.15, 0.2) is 11.5 Å². The lowest BCUT2D eigenvalue weighted by atomic mass is 9.80. The molecule has 2 rings (SSSR count). The van der Waals surface area contributed by atoms with E-state index in [1.165, 1.54) is 0 Å². The van der Waals surface area contributed by atoms with E-state index in [1.54, 1.807) is 21.3 Å². The van der Waals surface area contributed by atoms with Crippen LogP contribution in [0.2, 0.25) is 0 Å². The molecule has 2 aromatic carbocycles. The summed E-state index contributed by atoms with van der Waals surface area (Å²) in [6.07, 6.45) is 1.71. The largest absolute Gasteiger partial charge is 0.493 e. The maximum absolute atomic E-state index is 13.4. The van der Waals surface area contributed by atoms with Gasteiger partial charge < -0.3 is 35.1 Å². The molecule has 42 heavy (non-hydrogen) atoms. The molecule has 1 amide bonds. The average molecular weight is 587 g/mol. The smallest absolute Gasteiger partial charge is 0.224 e. The SMILES string of the molecule is COCCCOc1cc(C[C@@H](C[C@H](N)[C@@H](O)C[C@H](C(=O)N[C@H](COC)c2ccccc2)C(C)C)C(C)C)ccc1OC. The van der Waals surface area contributed by atoms with Crippen LogP contribution >= 0.6 is 0 Å². The van der Waals surface area contributed by atoms with E-state index in [-0.39, 0.29) is 29.7 Å². The second-order valence-corrected chi connectivity index (χ2v) is 11.9. The third-order valence-electron chi connectivity index (χ3n) is 7.98. The molecule has 8 heteroatoms. The number of hydrogen-bond donors (Lipinski definition) is 3. The predicted molar refractivity (Wildman–Crippen MR) is 168 cm³/mol. The number of hydrogen-bond acceptors (Lipinski definition) is 7. The Bertz CT molecular complexity index is 1030. The summed E-state index contributed by atoms with van der Waals surface area (Å²) in [5, 5.41) is 14.4. The summed E-state index contributed by atoms with van der Waals surface area (Å²) < 4.78 is 22.0. The van der Waals surface area contributed by atoms with Crippen molar-refractivity contribution in [1.29, 1.82) is 0 Å². The van der Waals surface area contributed by atoms with Crippen molar-refractivity contribution in [3.05, 3.63) is 59.7 Å². The maximum atomic E-state index is 13.4. The van der Waals surface area contributed by atoms with Gasteiger partial charge in [-0.15, -0.1) is 0 Å². The van der Waals surface area contributed by atoms with E-state index in [1.807, 2.05) is 56.3 Å². The molecule has 5 atom stereocenters. The van der Waals surface area contributed by atoms with E-state index in [0.717, 1.165) is 24.0 Å². The summed E-state index contributed by atoms with van der Waals surface area (Å²) >= 11 is 0. The molecule has 0 aliphatic rings. The van der Waals surface area contributed by atoms with Gasteiger partial charge in [-0.25, -0.2) is 0 Å². The van der Waals surface area contributed by atoms with Crippen molar-refractivity contribution in [2.24, 2.45) is 29.4 Å². The number of nitrogens with two attached hydrogens (primary N) is 1. The number of nitrogens with one attached hydrogen (secondary N) is 1. The van der Waals surface area contributed by atoms with Gasteiger partial charge in [0.05, 0.1) is 32.5 Å². The van der Waals surface area contributed by atoms with E-state index >= 15 is 0 Å². The summed E-state index contributed by atoms with van der Waals surface area (Å²) in [6.45, 7) is 9.92. The lowest BCUT2D eigenvalue weighted by Gasteiger charge is -2.31. The number of rotatable bonds is 20. The monoisotopic (exact) mass is 586 g/mol. The molecule has 0 spiro atoms. The van der Waals surface area contributed by atoms with Crippen molar-refractivity contribution >= 4 is 5.91 Å². The third kappa shape index (κ3) is 11.6. The number of aliphatic hydroxyl groups is 1.